The molecule has 0 saturated carbocycles. The van der Waals surface area contributed by atoms with Crippen LogP contribution in [0.5, 0.6) is 0 Å². The Hall–Kier alpha value is -0.370. The van der Waals surface area contributed by atoms with Crippen molar-refractivity contribution in [1.29, 1.82) is 0 Å². The standard InChI is InChI=1S/C16H17BrClNO2S2/c1-16(2,3)23(21)19-14(10-5-4-6-11(17)7-10)13-8-12(9-20)22-15(13)18/h4-9,14,19H,1-3H3. The van der Waals surface area contributed by atoms with E-state index >= 15 is 0 Å². The SMILES string of the molecule is CC(C)(C)[S+]([O-])NC(c1cccc(Br)c1)c1cc(C=O)sc1Cl. The second-order valence-electron chi connectivity index (χ2n) is 5.98. The van der Waals surface area contributed by atoms with Gasteiger partial charge in [0.15, 0.2) is 6.29 Å². The molecule has 0 radical (unpaired) electrons. The predicted molar refractivity (Wildman–Crippen MR) is 102 cm³/mol. The van der Waals surface area contributed by atoms with E-state index in [1.54, 1.807) is 6.07 Å². The van der Waals surface area contributed by atoms with E-state index in [9.17, 15) is 9.35 Å². The fraction of sp³-hybridized carbons (Fsp3) is 0.312. The minimum Gasteiger partial charge on any atom is -0.598 e. The topological polar surface area (TPSA) is 52.2 Å². The molecule has 2 rings (SSSR count). The number of halogens is 2. The zero-order chi connectivity index (χ0) is 17.2. The molecule has 0 aliphatic carbocycles. The first-order valence-electron chi connectivity index (χ1n) is 6.90. The van der Waals surface area contributed by atoms with Crippen molar-refractivity contribution >= 4 is 56.5 Å². The van der Waals surface area contributed by atoms with E-state index in [4.69, 9.17) is 11.6 Å². The van der Waals surface area contributed by atoms with Gasteiger partial charge in [0.2, 0.25) is 0 Å². The van der Waals surface area contributed by atoms with Gasteiger partial charge in [0.05, 0.1) is 9.21 Å². The van der Waals surface area contributed by atoms with Crippen LogP contribution in [-0.4, -0.2) is 15.6 Å². The first kappa shape index (κ1) is 19.0. The Labute approximate surface area is 156 Å². The lowest BCUT2D eigenvalue weighted by molar-refractivity contribution is 0.112. The number of carbonyl (C=O) groups excluding carboxylic acids is 1. The maximum Gasteiger partial charge on any atom is 0.160 e. The maximum absolute atomic E-state index is 12.6. The zero-order valence-corrected chi connectivity index (χ0v) is 16.9. The van der Waals surface area contributed by atoms with Gasteiger partial charge in [0.1, 0.15) is 10.8 Å². The summed E-state index contributed by atoms with van der Waals surface area (Å²) < 4.78 is 16.8. The Kier molecular flexibility index (Phi) is 6.33. The molecule has 1 aromatic heterocycles. The average Bonchev–Trinajstić information content (AvgIpc) is 2.84. The van der Waals surface area contributed by atoms with Gasteiger partial charge in [-0.15, -0.1) is 16.1 Å². The van der Waals surface area contributed by atoms with Crippen LogP contribution >= 0.6 is 38.9 Å². The maximum atomic E-state index is 12.6. The fourth-order valence-electron chi connectivity index (χ4n) is 1.94. The molecule has 0 aliphatic rings. The molecule has 0 fully saturated rings. The minimum atomic E-state index is -1.28. The minimum absolute atomic E-state index is 0.356. The van der Waals surface area contributed by atoms with Crippen LogP contribution in [0.2, 0.25) is 4.34 Å². The van der Waals surface area contributed by atoms with Crippen molar-refractivity contribution in [3.63, 3.8) is 0 Å². The summed E-state index contributed by atoms with van der Waals surface area (Å²) in [5.41, 5.74) is 1.68. The molecule has 1 aromatic carbocycles. The lowest BCUT2D eigenvalue weighted by Gasteiger charge is -2.28. The van der Waals surface area contributed by atoms with Crippen LogP contribution in [0.3, 0.4) is 0 Å². The van der Waals surface area contributed by atoms with Crippen molar-refractivity contribution in [2.75, 3.05) is 0 Å². The van der Waals surface area contributed by atoms with E-state index in [-0.39, 0.29) is 6.04 Å². The summed E-state index contributed by atoms with van der Waals surface area (Å²) in [7, 11) is 0. The molecule has 23 heavy (non-hydrogen) atoms. The van der Waals surface area contributed by atoms with Crippen LogP contribution in [-0.2, 0) is 11.4 Å². The van der Waals surface area contributed by atoms with Crippen LogP contribution in [0.1, 0.15) is 47.6 Å². The number of hydrogen-bond donors (Lipinski definition) is 1. The van der Waals surface area contributed by atoms with Crippen molar-refractivity contribution in [2.45, 2.75) is 31.6 Å². The second kappa shape index (κ2) is 7.68. The highest BCUT2D eigenvalue weighted by atomic mass is 79.9. The van der Waals surface area contributed by atoms with E-state index in [0.717, 1.165) is 21.9 Å². The third-order valence-electron chi connectivity index (χ3n) is 3.12. The monoisotopic (exact) mass is 433 g/mol. The molecule has 0 aliphatic heterocycles. The molecule has 1 heterocycles. The van der Waals surface area contributed by atoms with Gasteiger partial charge < -0.3 is 4.55 Å². The quantitative estimate of drug-likeness (QED) is 0.525. The predicted octanol–water partition coefficient (Wildman–Crippen LogP) is 5.12. The molecule has 124 valence electrons. The van der Waals surface area contributed by atoms with Crippen LogP contribution in [0.15, 0.2) is 34.8 Å². The summed E-state index contributed by atoms with van der Waals surface area (Å²) in [5, 5.41) is 0. The van der Waals surface area contributed by atoms with E-state index in [0.29, 0.717) is 9.21 Å². The molecule has 0 spiro atoms. The molecule has 0 saturated heterocycles. The van der Waals surface area contributed by atoms with Gasteiger partial charge in [0, 0.05) is 21.4 Å². The first-order valence-corrected chi connectivity index (χ1v) is 10.0. The van der Waals surface area contributed by atoms with Crippen LogP contribution < -0.4 is 4.72 Å². The molecule has 2 unspecified atom stereocenters. The van der Waals surface area contributed by atoms with E-state index in [1.807, 2.05) is 45.0 Å². The summed E-state index contributed by atoms with van der Waals surface area (Å²) >= 11 is 9.71. The van der Waals surface area contributed by atoms with Gasteiger partial charge in [-0.3, -0.25) is 4.79 Å². The highest BCUT2D eigenvalue weighted by Gasteiger charge is 2.32. The Morgan fingerprint density at radius 1 is 1.39 bits per heavy atom. The molecule has 2 aromatic rings. The summed E-state index contributed by atoms with van der Waals surface area (Å²) in [4.78, 5) is 11.6. The smallest absolute Gasteiger partial charge is 0.160 e. The third kappa shape index (κ3) is 4.81. The Bertz CT molecular complexity index is 700. The van der Waals surface area contributed by atoms with Gasteiger partial charge >= 0.3 is 0 Å². The number of carbonyl (C=O) groups is 1. The van der Waals surface area contributed by atoms with Gasteiger partial charge in [0.25, 0.3) is 0 Å². The molecular weight excluding hydrogens is 418 g/mol. The van der Waals surface area contributed by atoms with E-state index < -0.39 is 16.1 Å². The largest absolute Gasteiger partial charge is 0.598 e. The Balaban J connectivity index is 2.46. The Morgan fingerprint density at radius 2 is 2.09 bits per heavy atom. The molecule has 3 nitrogen and oxygen atoms in total. The summed E-state index contributed by atoms with van der Waals surface area (Å²) in [6.45, 7) is 5.71. The number of thiophene rings is 1. The number of benzene rings is 1. The average molecular weight is 435 g/mol. The van der Waals surface area contributed by atoms with E-state index in [2.05, 4.69) is 20.7 Å². The summed E-state index contributed by atoms with van der Waals surface area (Å²) in [6, 6.07) is 9.12. The molecule has 1 N–H and O–H groups in total. The normalized spacial score (nSPS) is 14.5. The first-order chi connectivity index (χ1) is 10.7. The molecule has 0 bridgehead atoms. The number of aldehydes is 1. The van der Waals surface area contributed by atoms with Crippen LogP contribution in [0, 0.1) is 0 Å². The van der Waals surface area contributed by atoms with Crippen molar-refractivity contribution in [3.8, 4) is 0 Å². The molecular formula is C16H17BrClNO2S2. The van der Waals surface area contributed by atoms with Gasteiger partial charge in [-0.2, -0.15) is 0 Å². The third-order valence-corrected chi connectivity index (χ3v) is 6.49. The highest BCUT2D eigenvalue weighted by molar-refractivity contribution is 9.10. The van der Waals surface area contributed by atoms with Crippen molar-refractivity contribution in [2.24, 2.45) is 0 Å². The fourth-order valence-corrected chi connectivity index (χ4v) is 4.35. The van der Waals surface area contributed by atoms with Crippen molar-refractivity contribution < 1.29 is 9.35 Å². The van der Waals surface area contributed by atoms with Crippen molar-refractivity contribution in [1.82, 2.24) is 4.72 Å². The second-order valence-corrected chi connectivity index (χ2v) is 10.6. The van der Waals surface area contributed by atoms with Gasteiger partial charge in [-0.25, -0.2) is 0 Å². The van der Waals surface area contributed by atoms with Crippen LogP contribution in [0.25, 0.3) is 0 Å². The Morgan fingerprint density at radius 3 is 2.61 bits per heavy atom. The van der Waals surface area contributed by atoms with Crippen LogP contribution in [0.4, 0.5) is 0 Å². The van der Waals surface area contributed by atoms with Gasteiger partial charge in [-0.05, 0) is 44.5 Å². The lowest BCUT2D eigenvalue weighted by Crippen LogP contribution is -2.41. The summed E-state index contributed by atoms with van der Waals surface area (Å²) in [5.74, 6) is 0. The molecule has 0 amide bonds. The van der Waals surface area contributed by atoms with E-state index in [1.165, 1.54) is 11.3 Å². The number of hydrogen-bond acceptors (Lipinski definition) is 4. The molecule has 7 heteroatoms. The lowest BCUT2D eigenvalue weighted by atomic mass is 10.0. The van der Waals surface area contributed by atoms with Crippen molar-refractivity contribution in [3.05, 3.63) is 55.1 Å². The summed E-state index contributed by atoms with van der Waals surface area (Å²) in [6.07, 6.45) is 0.777. The van der Waals surface area contributed by atoms with Gasteiger partial charge in [-0.1, -0.05) is 39.7 Å². The highest BCUT2D eigenvalue weighted by Crippen LogP contribution is 2.36. The zero-order valence-electron chi connectivity index (χ0n) is 12.9. The molecule has 2 atom stereocenters. The number of nitrogens with one attached hydrogen (secondary N) is 1. The number of rotatable bonds is 5.